The van der Waals surface area contributed by atoms with E-state index in [1.54, 1.807) is 12.1 Å². The van der Waals surface area contributed by atoms with Crippen LogP contribution < -0.4 is 0 Å². The van der Waals surface area contributed by atoms with Gasteiger partial charge < -0.3 is 5.11 Å². The fraction of sp³-hybridized carbons (Fsp3) is 0.500. The molecule has 0 aliphatic carbocycles. The summed E-state index contributed by atoms with van der Waals surface area (Å²) in [5, 5.41) is 9.85. The Labute approximate surface area is 112 Å². The van der Waals surface area contributed by atoms with E-state index < -0.39 is 18.7 Å². The van der Waals surface area contributed by atoms with Crippen LogP contribution in [0.2, 0.25) is 0 Å². The molecule has 1 aromatic carbocycles. The van der Waals surface area contributed by atoms with Crippen LogP contribution in [0.25, 0.3) is 0 Å². The average Bonchev–Trinajstić information content (AvgIpc) is 2.20. The molecule has 0 saturated carbocycles. The van der Waals surface area contributed by atoms with Crippen LogP contribution in [-0.2, 0) is 0 Å². The van der Waals surface area contributed by atoms with Gasteiger partial charge in [-0.1, -0.05) is 18.2 Å². The molecule has 5 heteroatoms. The zero-order valence-corrected chi connectivity index (χ0v) is 11.5. The molecule has 1 aromatic rings. The second kappa shape index (κ2) is 6.04. The number of rotatable bonds is 4. The van der Waals surface area contributed by atoms with Crippen molar-refractivity contribution in [2.75, 3.05) is 0 Å². The summed E-state index contributed by atoms with van der Waals surface area (Å²) in [6, 6.07) is 5.47. The van der Waals surface area contributed by atoms with Gasteiger partial charge in [0.05, 0.1) is 6.10 Å². The molecule has 0 radical (unpaired) electrons. The molecule has 0 heterocycles. The number of hydrogen-bond donors (Lipinski definition) is 1. The molecule has 1 atom stereocenters. The number of aryl methyl sites for hydroxylation is 1. The minimum atomic E-state index is -4.14. The van der Waals surface area contributed by atoms with Crippen molar-refractivity contribution in [2.45, 2.75) is 38.5 Å². The van der Waals surface area contributed by atoms with Crippen molar-refractivity contribution >= 4 is 22.6 Å². The molecule has 96 valence electrons. The first-order valence-electron chi connectivity index (χ1n) is 5.31. The predicted octanol–water partition coefficient (Wildman–Crippen LogP) is 4.37. The Balaban J connectivity index is 2.58. The quantitative estimate of drug-likeness (QED) is 0.793. The Hall–Kier alpha value is -0.300. The maximum absolute atomic E-state index is 12.0. The normalized spacial score (nSPS) is 13.8. The highest BCUT2D eigenvalue weighted by Crippen LogP contribution is 2.29. The molecule has 1 nitrogen and oxygen atoms in total. The van der Waals surface area contributed by atoms with E-state index in [2.05, 4.69) is 22.6 Å². The topological polar surface area (TPSA) is 20.2 Å². The van der Waals surface area contributed by atoms with Crippen LogP contribution >= 0.6 is 22.6 Å². The van der Waals surface area contributed by atoms with Gasteiger partial charge >= 0.3 is 6.18 Å². The third-order valence-corrected chi connectivity index (χ3v) is 3.99. The van der Waals surface area contributed by atoms with E-state index in [-0.39, 0.29) is 12.8 Å². The Morgan fingerprint density at radius 3 is 2.59 bits per heavy atom. The van der Waals surface area contributed by atoms with E-state index in [9.17, 15) is 18.3 Å². The first-order valence-corrected chi connectivity index (χ1v) is 6.39. The Morgan fingerprint density at radius 1 is 1.35 bits per heavy atom. The molecule has 1 rings (SSSR count). The van der Waals surface area contributed by atoms with Gasteiger partial charge in [-0.2, -0.15) is 13.2 Å². The molecule has 0 spiro atoms. The van der Waals surface area contributed by atoms with Crippen LogP contribution in [0.1, 0.15) is 36.5 Å². The molecular formula is C12H14F3IO. The monoisotopic (exact) mass is 358 g/mol. The molecule has 0 saturated heterocycles. The molecule has 0 amide bonds. The summed E-state index contributed by atoms with van der Waals surface area (Å²) in [6.07, 6.45) is -5.70. The number of alkyl halides is 3. The van der Waals surface area contributed by atoms with Crippen LogP contribution in [0.4, 0.5) is 13.2 Å². The Morgan fingerprint density at radius 2 is 2.00 bits per heavy atom. The van der Waals surface area contributed by atoms with Gasteiger partial charge in [-0.05, 0) is 53.5 Å². The number of benzene rings is 1. The zero-order chi connectivity index (χ0) is 13.1. The minimum absolute atomic E-state index is 0.0469. The summed E-state index contributed by atoms with van der Waals surface area (Å²) in [5.41, 5.74) is 1.74. The van der Waals surface area contributed by atoms with Gasteiger partial charge in [0.2, 0.25) is 0 Å². The molecule has 0 fully saturated rings. The lowest BCUT2D eigenvalue weighted by molar-refractivity contribution is -0.136. The van der Waals surface area contributed by atoms with E-state index in [1.165, 1.54) is 0 Å². The number of halogens is 4. The summed E-state index contributed by atoms with van der Waals surface area (Å²) in [4.78, 5) is 0. The van der Waals surface area contributed by atoms with Gasteiger partial charge in [-0.25, -0.2) is 0 Å². The van der Waals surface area contributed by atoms with Crippen LogP contribution in [0.5, 0.6) is 0 Å². The highest BCUT2D eigenvalue weighted by Gasteiger charge is 2.26. The fourth-order valence-corrected chi connectivity index (χ4v) is 2.30. The smallest absolute Gasteiger partial charge is 0.388 e. The second-order valence-electron chi connectivity index (χ2n) is 4.00. The zero-order valence-electron chi connectivity index (χ0n) is 9.39. The molecular weight excluding hydrogens is 344 g/mol. The maximum Gasteiger partial charge on any atom is 0.389 e. The van der Waals surface area contributed by atoms with Crippen molar-refractivity contribution in [3.05, 3.63) is 32.9 Å². The van der Waals surface area contributed by atoms with Crippen LogP contribution in [0.3, 0.4) is 0 Å². The summed E-state index contributed by atoms with van der Waals surface area (Å²) >= 11 is 2.11. The highest BCUT2D eigenvalue weighted by molar-refractivity contribution is 14.1. The van der Waals surface area contributed by atoms with Crippen molar-refractivity contribution in [2.24, 2.45) is 0 Å². The Kier molecular flexibility index (Phi) is 5.24. The standard InChI is InChI=1S/C12H14F3IO/c1-8-4-2-5-9(11(8)16)10(17)6-3-7-12(13,14)15/h2,4-5,10,17H,3,6-7H2,1H3. The number of hydrogen-bond acceptors (Lipinski definition) is 1. The third kappa shape index (κ3) is 4.83. The molecule has 0 bridgehead atoms. The molecule has 1 unspecified atom stereocenters. The SMILES string of the molecule is Cc1cccc(C(O)CCCC(F)(F)F)c1I. The van der Waals surface area contributed by atoms with E-state index in [4.69, 9.17) is 0 Å². The lowest BCUT2D eigenvalue weighted by atomic mass is 10.0. The van der Waals surface area contributed by atoms with Crippen molar-refractivity contribution < 1.29 is 18.3 Å². The van der Waals surface area contributed by atoms with Crippen molar-refractivity contribution in [1.82, 2.24) is 0 Å². The van der Waals surface area contributed by atoms with E-state index in [0.29, 0.717) is 5.56 Å². The lowest BCUT2D eigenvalue weighted by Crippen LogP contribution is -2.08. The van der Waals surface area contributed by atoms with E-state index >= 15 is 0 Å². The lowest BCUT2D eigenvalue weighted by Gasteiger charge is -2.14. The van der Waals surface area contributed by atoms with Crippen molar-refractivity contribution in [3.8, 4) is 0 Å². The number of aliphatic hydroxyl groups is 1. The predicted molar refractivity (Wildman–Crippen MR) is 68.8 cm³/mol. The summed E-state index contributed by atoms with van der Waals surface area (Å²) in [7, 11) is 0. The maximum atomic E-state index is 12.0. The first-order chi connectivity index (χ1) is 7.81. The van der Waals surface area contributed by atoms with Crippen molar-refractivity contribution in [3.63, 3.8) is 0 Å². The molecule has 17 heavy (non-hydrogen) atoms. The van der Waals surface area contributed by atoms with Crippen LogP contribution in [-0.4, -0.2) is 11.3 Å². The third-order valence-electron chi connectivity index (χ3n) is 2.52. The van der Waals surface area contributed by atoms with Gasteiger partial charge in [0.1, 0.15) is 0 Å². The summed E-state index contributed by atoms with van der Waals surface area (Å²) < 4.78 is 36.8. The minimum Gasteiger partial charge on any atom is -0.388 e. The Bertz CT molecular complexity index is 377. The van der Waals surface area contributed by atoms with E-state index in [0.717, 1.165) is 9.13 Å². The summed E-state index contributed by atoms with van der Waals surface area (Å²) in [5.74, 6) is 0. The molecule has 0 aliphatic heterocycles. The molecule has 1 N–H and O–H groups in total. The summed E-state index contributed by atoms with van der Waals surface area (Å²) in [6.45, 7) is 1.91. The second-order valence-corrected chi connectivity index (χ2v) is 5.08. The van der Waals surface area contributed by atoms with Gasteiger partial charge in [-0.15, -0.1) is 0 Å². The van der Waals surface area contributed by atoms with Crippen molar-refractivity contribution in [1.29, 1.82) is 0 Å². The van der Waals surface area contributed by atoms with E-state index in [1.807, 2.05) is 13.0 Å². The fourth-order valence-electron chi connectivity index (χ4n) is 1.58. The average molecular weight is 358 g/mol. The van der Waals surface area contributed by atoms with Gasteiger partial charge in [0.25, 0.3) is 0 Å². The van der Waals surface area contributed by atoms with Crippen LogP contribution in [0, 0.1) is 10.5 Å². The highest BCUT2D eigenvalue weighted by atomic mass is 127. The largest absolute Gasteiger partial charge is 0.389 e. The number of aliphatic hydroxyl groups excluding tert-OH is 1. The van der Waals surface area contributed by atoms with Gasteiger partial charge in [0.15, 0.2) is 0 Å². The van der Waals surface area contributed by atoms with Gasteiger partial charge in [0, 0.05) is 9.99 Å². The van der Waals surface area contributed by atoms with Gasteiger partial charge in [-0.3, -0.25) is 0 Å². The molecule has 0 aromatic heterocycles. The molecule has 0 aliphatic rings. The van der Waals surface area contributed by atoms with Crippen LogP contribution in [0.15, 0.2) is 18.2 Å². The first kappa shape index (κ1) is 14.8.